The highest BCUT2D eigenvalue weighted by atomic mass is 19.4. The number of halogens is 3. The molecule has 0 heterocycles. The maximum Gasteiger partial charge on any atom is 0.389 e. The monoisotopic (exact) mass is 256 g/mol. The Morgan fingerprint density at radius 2 is 1.82 bits per heavy atom. The van der Waals surface area contributed by atoms with Gasteiger partial charge in [0.25, 0.3) is 0 Å². The quantitative estimate of drug-likeness (QED) is 0.736. The first-order valence-electron chi connectivity index (χ1n) is 5.62. The molecule has 0 saturated heterocycles. The zero-order valence-corrected chi connectivity index (χ0v) is 10.0. The van der Waals surface area contributed by atoms with E-state index in [1.54, 1.807) is 6.92 Å². The molecular weight excluding hydrogens is 237 g/mol. The van der Waals surface area contributed by atoms with E-state index in [1.807, 2.05) is 0 Å². The predicted molar refractivity (Wildman–Crippen MR) is 56.6 cm³/mol. The number of alkyl halides is 3. The Morgan fingerprint density at radius 3 is 2.18 bits per heavy atom. The molecule has 17 heavy (non-hydrogen) atoms. The van der Waals surface area contributed by atoms with Crippen molar-refractivity contribution in [1.82, 2.24) is 0 Å². The molecule has 0 radical (unpaired) electrons. The third kappa shape index (κ3) is 6.51. The van der Waals surface area contributed by atoms with E-state index in [0.717, 1.165) is 0 Å². The summed E-state index contributed by atoms with van der Waals surface area (Å²) in [6, 6.07) is 0. The van der Waals surface area contributed by atoms with Crippen molar-refractivity contribution in [1.29, 1.82) is 0 Å². The van der Waals surface area contributed by atoms with Crippen LogP contribution in [0.3, 0.4) is 0 Å². The second-order valence-corrected chi connectivity index (χ2v) is 4.51. The molecule has 102 valence electrons. The van der Waals surface area contributed by atoms with Gasteiger partial charge in [0.2, 0.25) is 0 Å². The Morgan fingerprint density at radius 1 is 1.29 bits per heavy atom. The second-order valence-electron chi connectivity index (χ2n) is 4.51. The highest BCUT2D eigenvalue weighted by molar-refractivity contribution is 5.71. The third-order valence-corrected chi connectivity index (χ3v) is 2.77. The first kappa shape index (κ1) is 16.2. The largest absolute Gasteiger partial charge is 0.481 e. The highest BCUT2D eigenvalue weighted by Gasteiger charge is 2.37. The van der Waals surface area contributed by atoms with Gasteiger partial charge < -0.3 is 10.2 Å². The summed E-state index contributed by atoms with van der Waals surface area (Å²) in [4.78, 5) is 10.9. The molecular formula is C11H19F3O3. The van der Waals surface area contributed by atoms with Crippen LogP contribution in [0.25, 0.3) is 0 Å². The van der Waals surface area contributed by atoms with Crippen molar-refractivity contribution in [2.75, 3.05) is 0 Å². The Hall–Kier alpha value is -0.780. The lowest BCUT2D eigenvalue weighted by Gasteiger charge is -2.30. The fourth-order valence-corrected chi connectivity index (χ4v) is 1.81. The fourth-order valence-electron chi connectivity index (χ4n) is 1.81. The van der Waals surface area contributed by atoms with Crippen molar-refractivity contribution in [3.05, 3.63) is 0 Å². The van der Waals surface area contributed by atoms with Crippen LogP contribution in [0, 0.1) is 5.92 Å². The van der Waals surface area contributed by atoms with Gasteiger partial charge >= 0.3 is 12.1 Å². The summed E-state index contributed by atoms with van der Waals surface area (Å²) >= 11 is 0. The predicted octanol–water partition coefficient (Wildman–Crippen LogP) is 2.97. The summed E-state index contributed by atoms with van der Waals surface area (Å²) < 4.78 is 35.8. The number of aliphatic hydroxyl groups is 1. The van der Waals surface area contributed by atoms with E-state index in [1.165, 1.54) is 6.92 Å². The lowest BCUT2D eigenvalue weighted by molar-refractivity contribution is -0.153. The van der Waals surface area contributed by atoms with Gasteiger partial charge in [-0.05, 0) is 26.2 Å². The van der Waals surface area contributed by atoms with Crippen molar-refractivity contribution >= 4 is 5.97 Å². The SMILES string of the molecule is CCCC(C(=O)O)C(C)(O)CCCC(F)(F)F. The number of carboxylic acids is 1. The molecule has 2 unspecified atom stereocenters. The molecule has 0 aromatic heterocycles. The first-order chi connectivity index (χ1) is 7.60. The smallest absolute Gasteiger partial charge is 0.389 e. The lowest BCUT2D eigenvalue weighted by Crippen LogP contribution is -2.39. The van der Waals surface area contributed by atoms with Gasteiger partial charge in [-0.25, -0.2) is 0 Å². The fraction of sp³-hybridized carbons (Fsp3) is 0.909. The van der Waals surface area contributed by atoms with E-state index in [0.29, 0.717) is 6.42 Å². The van der Waals surface area contributed by atoms with E-state index < -0.39 is 30.1 Å². The van der Waals surface area contributed by atoms with Crippen molar-refractivity contribution in [3.8, 4) is 0 Å². The van der Waals surface area contributed by atoms with Gasteiger partial charge in [0.05, 0.1) is 11.5 Å². The molecule has 0 aliphatic rings. The average molecular weight is 256 g/mol. The van der Waals surface area contributed by atoms with Crippen molar-refractivity contribution in [3.63, 3.8) is 0 Å². The van der Waals surface area contributed by atoms with E-state index >= 15 is 0 Å². The van der Waals surface area contributed by atoms with Gasteiger partial charge in [0, 0.05) is 6.42 Å². The molecule has 0 spiro atoms. The van der Waals surface area contributed by atoms with Crippen molar-refractivity contribution < 1.29 is 28.2 Å². The first-order valence-corrected chi connectivity index (χ1v) is 5.62. The van der Waals surface area contributed by atoms with Crippen LogP contribution in [0.5, 0.6) is 0 Å². The molecule has 0 amide bonds. The summed E-state index contributed by atoms with van der Waals surface area (Å²) in [6.07, 6.45) is -4.87. The molecule has 0 rings (SSSR count). The molecule has 0 aliphatic heterocycles. The van der Waals surface area contributed by atoms with Gasteiger partial charge in [-0.15, -0.1) is 0 Å². The summed E-state index contributed by atoms with van der Waals surface area (Å²) in [5.41, 5.74) is -1.59. The molecule has 0 aliphatic carbocycles. The molecule has 2 N–H and O–H groups in total. The summed E-state index contributed by atoms with van der Waals surface area (Å²) in [6.45, 7) is 3.06. The summed E-state index contributed by atoms with van der Waals surface area (Å²) in [7, 11) is 0. The molecule has 0 saturated carbocycles. The standard InChI is InChI=1S/C11H19F3O3/c1-3-5-8(9(15)16)10(2,17)6-4-7-11(12,13)14/h8,17H,3-7H2,1-2H3,(H,15,16). The molecule has 0 bridgehead atoms. The number of rotatable bonds is 7. The number of hydrogen-bond donors (Lipinski definition) is 2. The van der Waals surface area contributed by atoms with Crippen LogP contribution in [-0.4, -0.2) is 28.0 Å². The van der Waals surface area contributed by atoms with Crippen LogP contribution >= 0.6 is 0 Å². The minimum atomic E-state index is -4.26. The zero-order valence-electron chi connectivity index (χ0n) is 10.0. The van der Waals surface area contributed by atoms with Crippen molar-refractivity contribution in [2.24, 2.45) is 5.92 Å². The van der Waals surface area contributed by atoms with Crippen LogP contribution in [0.4, 0.5) is 13.2 Å². The maximum atomic E-state index is 11.9. The number of carboxylic acid groups (broad SMARTS) is 1. The lowest BCUT2D eigenvalue weighted by atomic mass is 9.82. The van der Waals surface area contributed by atoms with E-state index in [2.05, 4.69) is 0 Å². The summed E-state index contributed by atoms with van der Waals surface area (Å²) in [5.74, 6) is -2.18. The second kappa shape index (κ2) is 6.23. The normalized spacial score (nSPS) is 17.5. The van der Waals surface area contributed by atoms with Gasteiger partial charge in [0.15, 0.2) is 0 Å². The van der Waals surface area contributed by atoms with Gasteiger partial charge in [-0.1, -0.05) is 13.3 Å². The molecule has 3 nitrogen and oxygen atoms in total. The molecule has 6 heteroatoms. The molecule has 0 aromatic carbocycles. The molecule has 0 aromatic rings. The number of aliphatic carboxylic acids is 1. The van der Waals surface area contributed by atoms with E-state index in [4.69, 9.17) is 5.11 Å². The minimum Gasteiger partial charge on any atom is -0.481 e. The van der Waals surface area contributed by atoms with Crippen molar-refractivity contribution in [2.45, 2.75) is 57.7 Å². The van der Waals surface area contributed by atoms with Crippen LogP contribution < -0.4 is 0 Å². The van der Waals surface area contributed by atoms with Crippen LogP contribution in [0.2, 0.25) is 0 Å². The summed E-state index contributed by atoms with van der Waals surface area (Å²) in [5, 5.41) is 18.8. The Bertz CT molecular complexity index is 249. The third-order valence-electron chi connectivity index (χ3n) is 2.77. The van der Waals surface area contributed by atoms with Gasteiger partial charge in [-0.2, -0.15) is 13.2 Å². The van der Waals surface area contributed by atoms with Gasteiger partial charge in [0.1, 0.15) is 0 Å². The van der Waals surface area contributed by atoms with Crippen LogP contribution in [-0.2, 0) is 4.79 Å². The Labute approximate surface area is 98.6 Å². The number of hydrogen-bond acceptors (Lipinski definition) is 2. The minimum absolute atomic E-state index is 0.163. The zero-order chi connectivity index (χ0) is 13.7. The van der Waals surface area contributed by atoms with Gasteiger partial charge in [-0.3, -0.25) is 4.79 Å². The van der Waals surface area contributed by atoms with Crippen LogP contribution in [0.1, 0.15) is 46.0 Å². The number of carbonyl (C=O) groups is 1. The van der Waals surface area contributed by atoms with E-state index in [9.17, 15) is 23.1 Å². The highest BCUT2D eigenvalue weighted by Crippen LogP contribution is 2.30. The Kier molecular flexibility index (Phi) is 5.95. The molecule has 2 atom stereocenters. The maximum absolute atomic E-state index is 11.9. The molecule has 0 fully saturated rings. The van der Waals surface area contributed by atoms with Crippen LogP contribution in [0.15, 0.2) is 0 Å². The Balaban J connectivity index is 4.37. The van der Waals surface area contributed by atoms with E-state index in [-0.39, 0.29) is 19.3 Å². The topological polar surface area (TPSA) is 57.5 Å². The average Bonchev–Trinajstić information content (AvgIpc) is 2.10.